The smallest absolute Gasteiger partial charge is 0.359 e. The molecule has 0 saturated heterocycles. The summed E-state index contributed by atoms with van der Waals surface area (Å²) in [6.45, 7) is 0.396. The maximum absolute atomic E-state index is 13.4. The first-order valence-electron chi connectivity index (χ1n) is 8.28. The maximum atomic E-state index is 13.4. The van der Waals surface area contributed by atoms with Crippen LogP contribution in [0.25, 0.3) is 11.3 Å². The van der Waals surface area contributed by atoms with Crippen molar-refractivity contribution in [1.82, 2.24) is 20.1 Å². The summed E-state index contributed by atoms with van der Waals surface area (Å²) < 4.78 is 84.2. The van der Waals surface area contributed by atoms with E-state index in [-0.39, 0.29) is 24.1 Å². The number of benzene rings is 1. The number of halogens is 7. The average Bonchev–Trinajstić information content (AvgIpc) is 3.25. The molecule has 1 N–H and O–H groups in total. The van der Waals surface area contributed by atoms with Crippen molar-refractivity contribution in [3.63, 3.8) is 0 Å². The van der Waals surface area contributed by atoms with E-state index in [1.54, 1.807) is 5.01 Å². The largest absolute Gasteiger partial charge is 0.417 e. The van der Waals surface area contributed by atoms with Crippen molar-refractivity contribution < 1.29 is 30.9 Å². The van der Waals surface area contributed by atoms with E-state index >= 15 is 0 Å². The van der Waals surface area contributed by atoms with E-state index in [0.717, 1.165) is 11.8 Å². The van der Waals surface area contributed by atoms with Crippen LogP contribution >= 0.6 is 15.9 Å². The molecule has 0 unspecified atom stereocenters. The minimum atomic E-state index is -5.00. The lowest BCUT2D eigenvalue weighted by Crippen LogP contribution is -2.21. The van der Waals surface area contributed by atoms with Gasteiger partial charge >= 0.3 is 12.4 Å². The van der Waals surface area contributed by atoms with E-state index in [2.05, 4.69) is 36.2 Å². The number of nitrogens with one attached hydrogen (secondary N) is 1. The topological polar surface area (TPSA) is 70.3 Å². The van der Waals surface area contributed by atoms with Gasteiger partial charge in [0.2, 0.25) is 0 Å². The summed E-state index contributed by atoms with van der Waals surface area (Å²) in [6, 6.07) is 2.61. The molecule has 0 saturated carbocycles. The normalized spacial score (nSPS) is 14.3. The number of nitrogens with zero attached hydrogens (tertiary/aromatic N) is 4. The highest BCUT2D eigenvalue weighted by molar-refractivity contribution is 9.10. The molecule has 3 aromatic rings. The van der Waals surface area contributed by atoms with Crippen LogP contribution in [0.4, 0.5) is 26.3 Å². The molecule has 2 aromatic heterocycles. The number of H-pyrrole nitrogens is 1. The van der Waals surface area contributed by atoms with Crippen LogP contribution in [-0.4, -0.2) is 26.3 Å². The second-order valence-corrected chi connectivity index (χ2v) is 7.14. The summed E-state index contributed by atoms with van der Waals surface area (Å²) in [5.41, 5.74) is -2.15. The lowest BCUT2D eigenvalue weighted by atomic mass is 10.0. The van der Waals surface area contributed by atoms with Crippen LogP contribution in [0, 0.1) is 0 Å². The molecule has 30 heavy (non-hydrogen) atoms. The number of imidazole rings is 1. The predicted molar refractivity (Wildman–Crippen MR) is 95.1 cm³/mol. The van der Waals surface area contributed by atoms with Crippen LogP contribution in [0.5, 0.6) is 0 Å². The van der Waals surface area contributed by atoms with Crippen molar-refractivity contribution in [2.24, 2.45) is 5.10 Å². The number of aromatic nitrogens is 3. The molecule has 3 heterocycles. The molecule has 4 rings (SSSR count). The third kappa shape index (κ3) is 4.06. The molecular formula is C17H10BrF6N5O. The molecule has 1 aromatic carbocycles. The van der Waals surface area contributed by atoms with Crippen molar-refractivity contribution in [3.05, 3.63) is 57.3 Å². The summed E-state index contributed by atoms with van der Waals surface area (Å²) in [6.07, 6.45) is -8.37. The van der Waals surface area contributed by atoms with Crippen LogP contribution in [-0.2, 0) is 25.4 Å². The van der Waals surface area contributed by atoms with Gasteiger partial charge in [0.25, 0.3) is 0 Å². The Kier molecular flexibility index (Phi) is 4.87. The SMILES string of the molecule is FC(F)(F)c1ccc(-c2cc(CN3Cc4nc(Br)[nH]c4C=N3)on2)c(C(F)(F)F)c1. The second-order valence-electron chi connectivity index (χ2n) is 6.39. The number of alkyl halides is 6. The molecule has 6 nitrogen and oxygen atoms in total. The molecule has 0 amide bonds. The Bertz CT molecular complexity index is 1120. The van der Waals surface area contributed by atoms with E-state index in [1.165, 1.54) is 12.3 Å². The molecule has 0 fully saturated rings. The van der Waals surface area contributed by atoms with Gasteiger partial charge in [-0.1, -0.05) is 11.2 Å². The van der Waals surface area contributed by atoms with Crippen LogP contribution in [0.15, 0.2) is 38.6 Å². The number of fused-ring (bicyclic) bond motifs is 1. The molecule has 158 valence electrons. The fourth-order valence-corrected chi connectivity index (χ4v) is 3.37. The quantitative estimate of drug-likeness (QED) is 0.508. The monoisotopic (exact) mass is 493 g/mol. The van der Waals surface area contributed by atoms with Crippen molar-refractivity contribution in [2.75, 3.05) is 0 Å². The summed E-state index contributed by atoms with van der Waals surface area (Å²) in [5, 5.41) is 9.34. The van der Waals surface area contributed by atoms with Crippen molar-refractivity contribution in [1.29, 1.82) is 0 Å². The lowest BCUT2D eigenvalue weighted by Gasteiger charge is -2.19. The van der Waals surface area contributed by atoms with Gasteiger partial charge in [0.1, 0.15) is 5.69 Å². The molecule has 0 spiro atoms. The zero-order chi connectivity index (χ0) is 21.7. The van der Waals surface area contributed by atoms with Gasteiger partial charge in [0.15, 0.2) is 10.5 Å². The van der Waals surface area contributed by atoms with E-state index in [0.29, 0.717) is 23.0 Å². The van der Waals surface area contributed by atoms with Gasteiger partial charge in [-0.15, -0.1) is 0 Å². The Morgan fingerprint density at radius 3 is 2.57 bits per heavy atom. The maximum Gasteiger partial charge on any atom is 0.417 e. The van der Waals surface area contributed by atoms with Gasteiger partial charge in [-0.25, -0.2) is 4.98 Å². The first kappa shape index (κ1) is 20.4. The molecule has 0 radical (unpaired) electrons. The van der Waals surface area contributed by atoms with Crippen molar-refractivity contribution in [3.8, 4) is 11.3 Å². The number of aromatic amines is 1. The Balaban J connectivity index is 1.60. The van der Waals surface area contributed by atoms with Crippen molar-refractivity contribution >= 4 is 22.1 Å². The molecular weight excluding hydrogens is 484 g/mol. The second kappa shape index (κ2) is 7.15. The third-order valence-corrected chi connectivity index (χ3v) is 4.67. The van der Waals surface area contributed by atoms with E-state index in [1.807, 2.05) is 0 Å². The Morgan fingerprint density at radius 2 is 1.87 bits per heavy atom. The zero-order valence-electron chi connectivity index (χ0n) is 14.6. The first-order chi connectivity index (χ1) is 14.0. The van der Waals surface area contributed by atoms with Crippen LogP contribution in [0.1, 0.15) is 28.3 Å². The number of hydrogen-bond acceptors (Lipinski definition) is 5. The third-order valence-electron chi connectivity index (χ3n) is 4.29. The highest BCUT2D eigenvalue weighted by atomic mass is 79.9. The molecule has 13 heteroatoms. The average molecular weight is 494 g/mol. The van der Waals surface area contributed by atoms with Gasteiger partial charge in [-0.3, -0.25) is 5.01 Å². The summed E-state index contributed by atoms with van der Waals surface area (Å²) in [7, 11) is 0. The number of rotatable bonds is 3. The molecule has 0 atom stereocenters. The zero-order valence-corrected chi connectivity index (χ0v) is 16.2. The Morgan fingerprint density at radius 1 is 1.10 bits per heavy atom. The van der Waals surface area contributed by atoms with E-state index in [9.17, 15) is 26.3 Å². The predicted octanol–water partition coefficient (Wildman–Crippen LogP) is 5.21. The van der Waals surface area contributed by atoms with Gasteiger partial charge < -0.3 is 9.51 Å². The number of hydrazone groups is 1. The fraction of sp³-hybridized carbons (Fsp3) is 0.235. The van der Waals surface area contributed by atoms with Gasteiger partial charge in [-0.05, 0) is 28.1 Å². The summed E-state index contributed by atoms with van der Waals surface area (Å²) >= 11 is 3.21. The Hall–Kier alpha value is -2.83. The first-order valence-corrected chi connectivity index (χ1v) is 9.08. The van der Waals surface area contributed by atoms with Gasteiger partial charge in [0, 0.05) is 11.6 Å². The molecule has 1 aliphatic rings. The van der Waals surface area contributed by atoms with E-state index in [4.69, 9.17) is 4.52 Å². The van der Waals surface area contributed by atoms with Gasteiger partial charge in [0.05, 0.1) is 41.8 Å². The molecule has 0 bridgehead atoms. The van der Waals surface area contributed by atoms with Crippen molar-refractivity contribution in [2.45, 2.75) is 25.4 Å². The van der Waals surface area contributed by atoms with Crippen LogP contribution in [0.3, 0.4) is 0 Å². The highest BCUT2D eigenvalue weighted by Gasteiger charge is 2.39. The fourth-order valence-electron chi connectivity index (χ4n) is 2.94. The van der Waals surface area contributed by atoms with E-state index < -0.39 is 29.0 Å². The number of hydrogen-bond donors (Lipinski definition) is 1. The van der Waals surface area contributed by atoms with Crippen LogP contribution in [0.2, 0.25) is 0 Å². The minimum absolute atomic E-state index is 0.0651. The lowest BCUT2D eigenvalue weighted by molar-refractivity contribution is -0.142. The highest BCUT2D eigenvalue weighted by Crippen LogP contribution is 2.40. The van der Waals surface area contributed by atoms with Crippen LogP contribution < -0.4 is 0 Å². The van der Waals surface area contributed by atoms with Gasteiger partial charge in [-0.2, -0.15) is 31.4 Å². The summed E-state index contributed by atoms with van der Waals surface area (Å²) in [5.74, 6) is 0.188. The molecule has 0 aliphatic carbocycles. The standard InChI is InChI=1S/C17H10BrF6N5O/c18-15-26-13-5-25-29(7-14(13)27-15)6-9-4-12(28-30-9)10-2-1-8(16(19,20)21)3-11(10)17(22,23)24/h1-5H,6-7H2,(H,26,27). The summed E-state index contributed by atoms with van der Waals surface area (Å²) in [4.78, 5) is 7.18. The Labute approximate surface area is 172 Å². The minimum Gasteiger partial charge on any atom is -0.359 e. The molecule has 1 aliphatic heterocycles.